The van der Waals surface area contributed by atoms with Gasteiger partial charge in [-0.15, -0.1) is 0 Å². The van der Waals surface area contributed by atoms with Crippen molar-refractivity contribution in [1.29, 1.82) is 0 Å². The Morgan fingerprint density at radius 3 is 2.62 bits per heavy atom. The van der Waals surface area contributed by atoms with Gasteiger partial charge in [-0.25, -0.2) is 9.52 Å². The van der Waals surface area contributed by atoms with Crippen LogP contribution in [0.3, 0.4) is 0 Å². The number of carbonyl (C=O) groups is 1. The highest BCUT2D eigenvalue weighted by atomic mass is 32.2. The summed E-state index contributed by atoms with van der Waals surface area (Å²) in [5, 5.41) is 0. The Balaban J connectivity index is 1.76. The minimum absolute atomic E-state index is 0.0886. The molecule has 1 aliphatic carbocycles. The number of benzene rings is 1. The smallest absolute Gasteiger partial charge is 0.421 e. The van der Waals surface area contributed by atoms with Crippen LogP contribution in [-0.4, -0.2) is 54.6 Å². The Hall–Kier alpha value is -2.04. The molecule has 10 heteroatoms. The average Bonchev–Trinajstić information content (AvgIpc) is 3.58. The zero-order valence-corrected chi connectivity index (χ0v) is 19.9. The number of hydrogen-bond donors (Lipinski definition) is 2. The molecule has 1 aliphatic rings. The van der Waals surface area contributed by atoms with E-state index in [1.807, 2.05) is 29.8 Å². The van der Waals surface area contributed by atoms with Crippen molar-refractivity contribution in [3.05, 3.63) is 23.8 Å². The van der Waals surface area contributed by atoms with Crippen LogP contribution in [0.15, 0.2) is 18.2 Å². The van der Waals surface area contributed by atoms with Crippen LogP contribution in [0.1, 0.15) is 51.0 Å². The van der Waals surface area contributed by atoms with Crippen LogP contribution in [0.5, 0.6) is 11.5 Å². The number of ether oxygens (including phenoxy) is 4. The minimum atomic E-state index is -3.90. The Kier molecular flexibility index (Phi) is 11.6. The second-order valence-electron chi connectivity index (χ2n) is 7.81. The van der Waals surface area contributed by atoms with Crippen molar-refractivity contribution in [3.63, 3.8) is 0 Å². The summed E-state index contributed by atoms with van der Waals surface area (Å²) in [5.41, 5.74) is 0.985. The van der Waals surface area contributed by atoms with Gasteiger partial charge in [-0.3, -0.25) is 0 Å². The van der Waals surface area contributed by atoms with E-state index in [4.69, 9.17) is 18.9 Å². The predicted octanol–water partition coefficient (Wildman–Crippen LogP) is 3.18. The van der Waals surface area contributed by atoms with Crippen LogP contribution in [0, 0.1) is 5.92 Å². The maximum absolute atomic E-state index is 11.8. The Morgan fingerprint density at radius 1 is 1.09 bits per heavy atom. The third-order valence-electron chi connectivity index (χ3n) is 4.88. The Morgan fingerprint density at radius 2 is 1.91 bits per heavy atom. The van der Waals surface area contributed by atoms with Gasteiger partial charge < -0.3 is 18.9 Å². The van der Waals surface area contributed by atoms with Crippen LogP contribution < -0.4 is 18.9 Å². The van der Waals surface area contributed by atoms with E-state index in [9.17, 15) is 13.2 Å². The Labute approximate surface area is 191 Å². The second kappa shape index (κ2) is 14.2. The topological polar surface area (TPSA) is 112 Å². The third kappa shape index (κ3) is 11.0. The first-order valence-corrected chi connectivity index (χ1v) is 12.7. The number of carbonyl (C=O) groups excluding carboxylic acids is 1. The molecule has 1 fully saturated rings. The van der Waals surface area contributed by atoms with Crippen LogP contribution >= 0.6 is 0 Å². The molecule has 0 aliphatic heterocycles. The molecule has 0 unspecified atom stereocenters. The fourth-order valence-electron chi connectivity index (χ4n) is 2.88. The SMILES string of the molecule is CCCCCNS(=O)(=O)NC(=O)OCCCc1ccc(OCCOC)cc1OCC1CC1. The zero-order chi connectivity index (χ0) is 23.2. The molecule has 1 aromatic carbocycles. The summed E-state index contributed by atoms with van der Waals surface area (Å²) in [6.07, 6.45) is 5.16. The highest BCUT2D eigenvalue weighted by Crippen LogP contribution is 2.32. The molecule has 1 saturated carbocycles. The predicted molar refractivity (Wildman–Crippen MR) is 121 cm³/mol. The molecule has 0 radical (unpaired) electrons. The number of nitrogens with one attached hydrogen (secondary N) is 2. The van der Waals surface area contributed by atoms with Gasteiger partial charge in [-0.2, -0.15) is 13.1 Å². The van der Waals surface area contributed by atoms with Crippen molar-refractivity contribution < 1.29 is 32.2 Å². The summed E-state index contributed by atoms with van der Waals surface area (Å²) in [4.78, 5) is 11.8. The van der Waals surface area contributed by atoms with Crippen molar-refractivity contribution in [1.82, 2.24) is 9.44 Å². The lowest BCUT2D eigenvalue weighted by Gasteiger charge is -2.14. The fraction of sp³-hybridized carbons (Fsp3) is 0.682. The maximum atomic E-state index is 11.8. The number of rotatable bonds is 17. The lowest BCUT2D eigenvalue weighted by atomic mass is 10.1. The van der Waals surface area contributed by atoms with E-state index in [0.717, 1.165) is 24.2 Å². The van der Waals surface area contributed by atoms with Crippen molar-refractivity contribution in [2.75, 3.05) is 40.1 Å². The van der Waals surface area contributed by atoms with E-state index in [2.05, 4.69) is 4.72 Å². The molecule has 2 rings (SSSR count). The van der Waals surface area contributed by atoms with Gasteiger partial charge in [0.15, 0.2) is 0 Å². The van der Waals surface area contributed by atoms with E-state index < -0.39 is 16.3 Å². The van der Waals surface area contributed by atoms with Gasteiger partial charge in [0.25, 0.3) is 0 Å². The molecule has 9 nitrogen and oxygen atoms in total. The lowest BCUT2D eigenvalue weighted by molar-refractivity contribution is 0.146. The molecule has 0 atom stereocenters. The van der Waals surface area contributed by atoms with Gasteiger partial charge in [0, 0.05) is 19.7 Å². The van der Waals surface area contributed by atoms with Crippen LogP contribution in [0.25, 0.3) is 0 Å². The molecular formula is C22H36N2O7S. The quantitative estimate of drug-likeness (QED) is 0.335. The number of unbranched alkanes of at least 4 members (excludes halogenated alkanes) is 2. The molecule has 182 valence electrons. The first-order valence-electron chi connectivity index (χ1n) is 11.2. The summed E-state index contributed by atoms with van der Waals surface area (Å²) >= 11 is 0. The van der Waals surface area contributed by atoms with Gasteiger partial charge in [0.1, 0.15) is 18.1 Å². The second-order valence-corrected chi connectivity index (χ2v) is 9.31. The van der Waals surface area contributed by atoms with Crippen molar-refractivity contribution in [2.45, 2.75) is 51.9 Å². The standard InChI is InChI=1S/C22H36N2O7S/c1-3-4-5-12-23-32(26,27)24-22(25)30-13-6-7-19-10-11-20(29-15-14-28-2)16-21(19)31-17-18-8-9-18/h10-11,16,18,23H,3-9,12-15,17H2,1-2H3,(H,24,25). The van der Waals surface area contributed by atoms with Gasteiger partial charge in [0.05, 0.1) is 19.8 Å². The molecule has 0 aromatic heterocycles. The highest BCUT2D eigenvalue weighted by molar-refractivity contribution is 7.88. The van der Waals surface area contributed by atoms with E-state index in [0.29, 0.717) is 50.8 Å². The van der Waals surface area contributed by atoms with Gasteiger partial charge >= 0.3 is 16.3 Å². The number of methoxy groups -OCH3 is 1. The first kappa shape index (κ1) is 26.2. The van der Waals surface area contributed by atoms with Crippen LogP contribution in [0.2, 0.25) is 0 Å². The van der Waals surface area contributed by atoms with E-state index in [1.165, 1.54) is 12.8 Å². The van der Waals surface area contributed by atoms with Gasteiger partial charge in [0.2, 0.25) is 0 Å². The summed E-state index contributed by atoms with van der Waals surface area (Å²) in [6, 6.07) is 5.69. The van der Waals surface area contributed by atoms with Crippen molar-refractivity contribution in [3.8, 4) is 11.5 Å². The minimum Gasteiger partial charge on any atom is -0.493 e. The monoisotopic (exact) mass is 472 g/mol. The molecular weight excluding hydrogens is 436 g/mol. The summed E-state index contributed by atoms with van der Waals surface area (Å²) in [5.74, 6) is 2.09. The molecule has 0 bridgehead atoms. The zero-order valence-electron chi connectivity index (χ0n) is 19.1. The molecule has 2 N–H and O–H groups in total. The summed E-state index contributed by atoms with van der Waals surface area (Å²) in [7, 11) is -2.28. The number of hydrogen-bond acceptors (Lipinski definition) is 7. The van der Waals surface area contributed by atoms with Gasteiger partial charge in [-0.05, 0) is 49.7 Å². The lowest BCUT2D eigenvalue weighted by Crippen LogP contribution is -2.41. The van der Waals surface area contributed by atoms with E-state index in [1.54, 1.807) is 7.11 Å². The highest BCUT2D eigenvalue weighted by Gasteiger charge is 2.22. The molecule has 0 saturated heterocycles. The summed E-state index contributed by atoms with van der Waals surface area (Å²) < 4.78 is 49.5. The number of amides is 1. The largest absolute Gasteiger partial charge is 0.493 e. The fourth-order valence-corrected chi connectivity index (χ4v) is 3.65. The Bertz CT molecular complexity index is 797. The van der Waals surface area contributed by atoms with E-state index >= 15 is 0 Å². The summed E-state index contributed by atoms with van der Waals surface area (Å²) in [6.45, 7) is 4.03. The maximum Gasteiger partial charge on any atom is 0.421 e. The average molecular weight is 473 g/mol. The normalized spacial score (nSPS) is 13.6. The molecule has 32 heavy (non-hydrogen) atoms. The van der Waals surface area contributed by atoms with Crippen molar-refractivity contribution >= 4 is 16.3 Å². The first-order chi connectivity index (χ1) is 15.4. The molecule has 0 heterocycles. The van der Waals surface area contributed by atoms with Gasteiger partial charge in [-0.1, -0.05) is 25.8 Å². The van der Waals surface area contributed by atoms with Crippen LogP contribution in [0.4, 0.5) is 4.79 Å². The van der Waals surface area contributed by atoms with Crippen LogP contribution in [-0.2, 0) is 26.1 Å². The molecule has 1 aromatic rings. The number of aryl methyl sites for hydroxylation is 1. The van der Waals surface area contributed by atoms with E-state index in [-0.39, 0.29) is 13.2 Å². The molecule has 0 spiro atoms. The van der Waals surface area contributed by atoms with Crippen molar-refractivity contribution in [2.24, 2.45) is 5.92 Å². The third-order valence-corrected chi connectivity index (χ3v) is 5.90. The molecule has 1 amide bonds.